The van der Waals surface area contributed by atoms with Crippen molar-refractivity contribution in [2.45, 2.75) is 0 Å². The van der Waals surface area contributed by atoms with E-state index < -0.39 is 0 Å². The number of hydrogen-bond donors (Lipinski definition) is 0. The lowest BCUT2D eigenvalue weighted by Crippen LogP contribution is -1.76. The van der Waals surface area contributed by atoms with Crippen LogP contribution in [-0.2, 0) is 9.56 Å². The predicted octanol–water partition coefficient (Wildman–Crippen LogP) is 1.22. The molecule has 0 saturated heterocycles. The zero-order valence-corrected chi connectivity index (χ0v) is 5.16. The van der Waals surface area contributed by atoms with Crippen molar-refractivity contribution in [1.82, 2.24) is 0 Å². The fourth-order valence-electron chi connectivity index (χ4n) is 0.149. The zero-order chi connectivity index (χ0) is 4.99. The van der Waals surface area contributed by atoms with E-state index in [1.165, 1.54) is 7.11 Å². The molecule has 0 aromatic rings. The molecule has 0 aliphatic carbocycles. The Hall–Kier alpha value is 0.350. The van der Waals surface area contributed by atoms with Gasteiger partial charge in [0.15, 0.2) is 0 Å². The lowest BCUT2D eigenvalue weighted by molar-refractivity contribution is -0.168. The highest BCUT2D eigenvalue weighted by atomic mass is 31.1. The van der Waals surface area contributed by atoms with Gasteiger partial charge in [0.05, 0.1) is 15.3 Å². The van der Waals surface area contributed by atoms with E-state index in [4.69, 9.17) is 0 Å². The van der Waals surface area contributed by atoms with Gasteiger partial charge in [-0.3, -0.25) is 0 Å². The molecule has 0 unspecified atom stereocenters. The Kier molecular flexibility index (Phi) is 3.74. The van der Waals surface area contributed by atoms with Crippen molar-refractivity contribution in [1.29, 1.82) is 0 Å². The molecule has 3 heteroatoms. The molecule has 0 rings (SSSR count). The molecule has 6 heavy (non-hydrogen) atoms. The number of rotatable bonds is 2. The first-order valence-corrected chi connectivity index (χ1v) is 3.81. The summed E-state index contributed by atoms with van der Waals surface area (Å²) >= 11 is 0. The molecule has 0 heterocycles. The van der Waals surface area contributed by atoms with Gasteiger partial charge in [-0.2, -0.15) is 0 Å². The SMILES string of the molecule is COOP(C)C. The molecule has 2 nitrogen and oxygen atoms in total. The molecule has 0 aromatic heterocycles. The quantitative estimate of drug-likeness (QED) is 0.301. The average molecular weight is 108 g/mol. The first kappa shape index (κ1) is 6.35. The van der Waals surface area contributed by atoms with E-state index >= 15 is 0 Å². The largest absolute Gasteiger partial charge is 0.237 e. The lowest BCUT2D eigenvalue weighted by Gasteiger charge is -1.98. The van der Waals surface area contributed by atoms with Crippen molar-refractivity contribution in [3.05, 3.63) is 0 Å². The minimum Gasteiger partial charge on any atom is -0.237 e. The predicted molar refractivity (Wildman–Crippen MR) is 26.9 cm³/mol. The summed E-state index contributed by atoms with van der Waals surface area (Å²) < 4.78 is 4.61. The van der Waals surface area contributed by atoms with Gasteiger partial charge in [0.25, 0.3) is 0 Å². The van der Waals surface area contributed by atoms with E-state index in [9.17, 15) is 0 Å². The van der Waals surface area contributed by atoms with Gasteiger partial charge in [-0.15, -0.1) is 0 Å². The van der Waals surface area contributed by atoms with Crippen molar-refractivity contribution in [3.8, 4) is 0 Å². The third-order valence-corrected chi connectivity index (χ3v) is 0.671. The van der Waals surface area contributed by atoms with Gasteiger partial charge in [0.1, 0.15) is 0 Å². The maximum atomic E-state index is 4.61. The highest BCUT2D eigenvalue weighted by Gasteiger charge is 1.85. The normalized spacial score (nSPS) is 10.0. The topological polar surface area (TPSA) is 18.5 Å². The summed E-state index contributed by atoms with van der Waals surface area (Å²) in [6.07, 6.45) is 0. The van der Waals surface area contributed by atoms with Gasteiger partial charge in [-0.1, -0.05) is 0 Å². The van der Waals surface area contributed by atoms with Crippen LogP contribution in [-0.4, -0.2) is 20.4 Å². The monoisotopic (exact) mass is 108 g/mol. The minimum absolute atomic E-state index is 0.323. The molecular formula is C3H9O2P. The van der Waals surface area contributed by atoms with E-state index in [-0.39, 0.29) is 8.15 Å². The Balaban J connectivity index is 2.63. The number of hydrogen-bond acceptors (Lipinski definition) is 2. The molecule has 0 aliphatic heterocycles. The van der Waals surface area contributed by atoms with Crippen LogP contribution < -0.4 is 0 Å². The maximum Gasteiger partial charge on any atom is 0.0716 e. The van der Waals surface area contributed by atoms with Crippen LogP contribution in [0.15, 0.2) is 0 Å². The van der Waals surface area contributed by atoms with Gasteiger partial charge in [0.2, 0.25) is 0 Å². The summed E-state index contributed by atoms with van der Waals surface area (Å²) in [5.41, 5.74) is 0. The van der Waals surface area contributed by atoms with E-state index in [1.807, 2.05) is 13.3 Å². The molecule has 0 radical (unpaired) electrons. The van der Waals surface area contributed by atoms with E-state index in [0.29, 0.717) is 0 Å². The minimum atomic E-state index is -0.323. The van der Waals surface area contributed by atoms with Crippen LogP contribution in [0.2, 0.25) is 0 Å². The van der Waals surface area contributed by atoms with E-state index in [2.05, 4.69) is 9.56 Å². The Morgan fingerprint density at radius 3 is 1.83 bits per heavy atom. The summed E-state index contributed by atoms with van der Waals surface area (Å²) in [5, 5.41) is 0. The summed E-state index contributed by atoms with van der Waals surface area (Å²) in [5.74, 6) is 0. The van der Waals surface area contributed by atoms with Gasteiger partial charge in [0, 0.05) is 0 Å². The zero-order valence-electron chi connectivity index (χ0n) is 4.26. The second kappa shape index (κ2) is 3.54. The molecule has 0 fully saturated rings. The molecular weight excluding hydrogens is 99.0 g/mol. The van der Waals surface area contributed by atoms with Crippen LogP contribution in [0.25, 0.3) is 0 Å². The third kappa shape index (κ3) is 4.35. The van der Waals surface area contributed by atoms with Gasteiger partial charge >= 0.3 is 0 Å². The van der Waals surface area contributed by atoms with Crippen LogP contribution in [0, 0.1) is 0 Å². The Morgan fingerprint density at radius 2 is 1.83 bits per heavy atom. The van der Waals surface area contributed by atoms with Crippen molar-refractivity contribution in [3.63, 3.8) is 0 Å². The highest BCUT2D eigenvalue weighted by molar-refractivity contribution is 7.50. The van der Waals surface area contributed by atoms with Crippen molar-refractivity contribution >= 4 is 8.15 Å². The summed E-state index contributed by atoms with van der Waals surface area (Å²) in [6.45, 7) is 3.94. The van der Waals surface area contributed by atoms with Crippen LogP contribution in [0.3, 0.4) is 0 Å². The molecule has 0 aromatic carbocycles. The standard InChI is InChI=1S/C3H9O2P/c1-4-5-6(2)3/h1-3H3. The first-order chi connectivity index (χ1) is 2.77. The lowest BCUT2D eigenvalue weighted by atomic mass is 11.8. The fourth-order valence-corrected chi connectivity index (χ4v) is 0.447. The van der Waals surface area contributed by atoms with Crippen molar-refractivity contribution < 1.29 is 9.56 Å². The van der Waals surface area contributed by atoms with Crippen molar-refractivity contribution in [2.75, 3.05) is 20.4 Å². The first-order valence-electron chi connectivity index (χ1n) is 1.65. The van der Waals surface area contributed by atoms with Crippen LogP contribution in [0.4, 0.5) is 0 Å². The summed E-state index contributed by atoms with van der Waals surface area (Å²) in [4.78, 5) is 4.33. The van der Waals surface area contributed by atoms with E-state index in [0.717, 1.165) is 0 Å². The Bertz CT molecular complexity index is 30.0. The van der Waals surface area contributed by atoms with Crippen molar-refractivity contribution in [2.24, 2.45) is 0 Å². The van der Waals surface area contributed by atoms with Crippen LogP contribution in [0.1, 0.15) is 0 Å². The smallest absolute Gasteiger partial charge is 0.0716 e. The van der Waals surface area contributed by atoms with Gasteiger partial charge in [-0.25, -0.2) is 9.56 Å². The molecule has 0 saturated carbocycles. The fraction of sp³-hybridized carbons (Fsp3) is 1.00. The van der Waals surface area contributed by atoms with Gasteiger partial charge < -0.3 is 0 Å². The third-order valence-electron chi connectivity index (χ3n) is 0.224. The molecule has 0 atom stereocenters. The average Bonchev–Trinajstić information content (AvgIpc) is 1.35. The summed E-state index contributed by atoms with van der Waals surface area (Å²) in [7, 11) is 1.19. The van der Waals surface area contributed by atoms with Gasteiger partial charge in [-0.05, 0) is 13.3 Å². The molecule has 0 aliphatic rings. The Morgan fingerprint density at radius 1 is 1.33 bits per heavy atom. The highest BCUT2D eigenvalue weighted by Crippen LogP contribution is 2.24. The molecule has 0 N–H and O–H groups in total. The summed E-state index contributed by atoms with van der Waals surface area (Å²) in [6, 6.07) is 0. The van der Waals surface area contributed by atoms with Crippen LogP contribution >= 0.6 is 8.15 Å². The molecule has 0 bridgehead atoms. The van der Waals surface area contributed by atoms with E-state index in [1.54, 1.807) is 0 Å². The second-order valence-electron chi connectivity index (χ2n) is 1.05. The molecule has 0 spiro atoms. The maximum absolute atomic E-state index is 4.61. The Labute approximate surface area is 39.2 Å². The second-order valence-corrected chi connectivity index (χ2v) is 2.83. The van der Waals surface area contributed by atoms with Crippen LogP contribution in [0.5, 0.6) is 0 Å². The molecule has 0 amide bonds. The molecule has 38 valence electrons.